The van der Waals surface area contributed by atoms with Crippen LogP contribution in [0.15, 0.2) is 15.5 Å². The number of alkyl halides is 1. The minimum atomic E-state index is -0.158. The third-order valence-electron chi connectivity index (χ3n) is 0.400. The predicted octanol–water partition coefficient (Wildman–Crippen LogP) is -0.107. The summed E-state index contributed by atoms with van der Waals surface area (Å²) in [5.74, 6) is 4.53. The highest BCUT2D eigenvalue weighted by atomic mass is 79.9. The van der Waals surface area contributed by atoms with Gasteiger partial charge in [0.05, 0.1) is 5.33 Å². The zero-order valence-electron chi connectivity index (χ0n) is 6.98. The molecule has 0 aromatic heterocycles. The molecule has 0 aliphatic heterocycles. The Morgan fingerprint density at radius 3 is 1.92 bits per heavy atom. The number of carbonyl (C=O) groups excluding carboxylic acids is 1. The van der Waals surface area contributed by atoms with Crippen LogP contribution in [0.25, 0.3) is 0 Å². The Kier molecular flexibility index (Phi) is 19.0. The lowest BCUT2D eigenvalue weighted by atomic mass is 10.5. The summed E-state index contributed by atoms with van der Waals surface area (Å²) in [6.07, 6.45) is 0. The van der Waals surface area contributed by atoms with Gasteiger partial charge in [-0.3, -0.25) is 4.79 Å². The second kappa shape index (κ2) is 13.7. The van der Waals surface area contributed by atoms with Gasteiger partial charge in [-0.15, -0.1) is 12.4 Å². The summed E-state index contributed by atoms with van der Waals surface area (Å²) >= 11 is 2.96. The van der Waals surface area contributed by atoms with E-state index in [1.54, 1.807) is 0 Å². The van der Waals surface area contributed by atoms with Crippen LogP contribution in [0.4, 0.5) is 0 Å². The van der Waals surface area contributed by atoms with Gasteiger partial charge in [0, 0.05) is 0 Å². The van der Waals surface area contributed by atoms with Gasteiger partial charge in [0.2, 0.25) is 5.96 Å². The fourth-order valence-corrected chi connectivity index (χ4v) is 0.0775. The van der Waals surface area contributed by atoms with E-state index < -0.39 is 0 Å². The van der Waals surface area contributed by atoms with E-state index in [4.69, 9.17) is 11.5 Å². The largest absolute Gasteiger partial charge is 0.368 e. The van der Waals surface area contributed by atoms with Crippen molar-refractivity contribution in [3.8, 4) is 0 Å². The number of Topliss-reactive ketones (excluding diaryl/α,β-unsaturated/α-hetero) is 1. The molecule has 0 bridgehead atoms. The molecule has 0 fully saturated rings. The first-order valence-electron chi connectivity index (χ1n) is 2.78. The average molecular weight is 276 g/mol. The van der Waals surface area contributed by atoms with Crippen LogP contribution in [0.5, 0.6) is 0 Å². The van der Waals surface area contributed by atoms with Gasteiger partial charge in [0.25, 0.3) is 0 Å². The molecule has 0 aliphatic carbocycles. The second-order valence-electron chi connectivity index (χ2n) is 1.57. The van der Waals surface area contributed by atoms with Crippen molar-refractivity contribution in [2.45, 2.75) is 6.92 Å². The number of hydrogen-bond acceptors (Lipinski definition) is 3. The monoisotopic (exact) mass is 274 g/mol. The zero-order valence-corrected chi connectivity index (χ0v) is 9.38. The number of nitrogens with zero attached hydrogens (tertiary/aromatic N) is 3. The van der Waals surface area contributed by atoms with E-state index in [0.717, 1.165) is 0 Å². The number of nitrogens with two attached hydrogens (primary N) is 3. The average Bonchev–Trinajstić information content (AvgIpc) is 2.02. The maximum absolute atomic E-state index is 9.77. The van der Waals surface area contributed by atoms with E-state index in [-0.39, 0.29) is 24.1 Å². The van der Waals surface area contributed by atoms with Crippen molar-refractivity contribution >= 4 is 40.1 Å². The zero-order chi connectivity index (χ0) is 9.98. The highest BCUT2D eigenvalue weighted by Crippen LogP contribution is 1.76. The summed E-state index contributed by atoms with van der Waals surface area (Å²) in [5, 5.41) is 9.19. The van der Waals surface area contributed by atoms with Gasteiger partial charge in [-0.2, -0.15) is 0 Å². The summed E-state index contributed by atoms with van der Waals surface area (Å²) < 4.78 is 0. The molecule has 0 aromatic carbocycles. The van der Waals surface area contributed by atoms with Crippen molar-refractivity contribution in [2.75, 3.05) is 5.33 Å². The number of carbonyl (C=O) groups is 1. The Hall–Kier alpha value is -0.890. The van der Waals surface area contributed by atoms with Gasteiger partial charge in [0.15, 0.2) is 0 Å². The summed E-state index contributed by atoms with van der Waals surface area (Å²) in [7, 11) is 0. The van der Waals surface area contributed by atoms with Crippen LogP contribution in [0, 0.1) is 0 Å². The number of halogens is 2. The van der Waals surface area contributed by atoms with E-state index in [1.165, 1.54) is 6.92 Å². The SMILES string of the molecule is CC(=O)CBr.Cl.NN=NN=C(N)N. The molecular formula is C4H12BrClN6O. The van der Waals surface area contributed by atoms with E-state index in [1.807, 2.05) is 0 Å². The molecule has 7 nitrogen and oxygen atoms in total. The smallest absolute Gasteiger partial charge is 0.213 e. The normalized spacial score (nSPS) is 7.85. The van der Waals surface area contributed by atoms with Gasteiger partial charge in [-0.1, -0.05) is 26.3 Å². The first-order chi connectivity index (χ1) is 5.54. The lowest BCUT2D eigenvalue weighted by molar-refractivity contribution is -0.114. The Morgan fingerprint density at radius 2 is 1.85 bits per heavy atom. The summed E-state index contributed by atoms with van der Waals surface area (Å²) in [6.45, 7) is 1.54. The summed E-state index contributed by atoms with van der Waals surface area (Å²) in [5.41, 5.74) is 9.59. The topological polar surface area (TPSA) is 132 Å². The standard InChI is InChI=1S/C3H5BrO.CH6N6.ClH/c1-3(5)2-4;2-1(3)5-7-6-4;/h2H2,1H3;(H2,4,7)(H4,2,3,5,6);1H. The lowest BCUT2D eigenvalue weighted by Crippen LogP contribution is -2.21. The van der Waals surface area contributed by atoms with Crippen molar-refractivity contribution in [3.63, 3.8) is 0 Å². The fourth-order valence-electron chi connectivity index (χ4n) is 0.0775. The molecule has 0 aliphatic rings. The molecule has 0 saturated carbocycles. The van der Waals surface area contributed by atoms with Gasteiger partial charge in [0.1, 0.15) is 5.78 Å². The molecule has 0 aromatic rings. The van der Waals surface area contributed by atoms with E-state index in [0.29, 0.717) is 5.33 Å². The number of ketones is 1. The molecular weight excluding hydrogens is 263 g/mol. The molecule has 0 unspecified atom stereocenters. The van der Waals surface area contributed by atoms with E-state index >= 15 is 0 Å². The Labute approximate surface area is 90.3 Å². The Morgan fingerprint density at radius 1 is 1.46 bits per heavy atom. The predicted molar refractivity (Wildman–Crippen MR) is 56.6 cm³/mol. The Balaban J connectivity index is -0.000000150. The van der Waals surface area contributed by atoms with Crippen LogP contribution in [0.3, 0.4) is 0 Å². The van der Waals surface area contributed by atoms with Crippen molar-refractivity contribution in [1.82, 2.24) is 0 Å². The highest BCUT2D eigenvalue weighted by Gasteiger charge is 1.78. The first kappa shape index (κ1) is 18.0. The minimum Gasteiger partial charge on any atom is -0.368 e. The molecule has 0 radical (unpaired) electrons. The van der Waals surface area contributed by atoms with Crippen LogP contribution >= 0.6 is 28.3 Å². The van der Waals surface area contributed by atoms with E-state index in [2.05, 4.69) is 37.3 Å². The third-order valence-corrected chi connectivity index (χ3v) is 1.19. The number of rotatable bonds is 2. The van der Waals surface area contributed by atoms with Crippen molar-refractivity contribution in [1.29, 1.82) is 0 Å². The highest BCUT2D eigenvalue weighted by molar-refractivity contribution is 9.09. The van der Waals surface area contributed by atoms with Gasteiger partial charge in [-0.25, -0.2) is 0 Å². The molecule has 78 valence electrons. The molecule has 13 heavy (non-hydrogen) atoms. The van der Waals surface area contributed by atoms with Crippen molar-refractivity contribution in [2.24, 2.45) is 32.9 Å². The molecule has 9 heteroatoms. The quantitative estimate of drug-likeness (QED) is 0.162. The molecule has 6 N–H and O–H groups in total. The first-order valence-corrected chi connectivity index (χ1v) is 3.91. The van der Waals surface area contributed by atoms with Gasteiger partial charge < -0.3 is 17.3 Å². The molecule has 0 heterocycles. The lowest BCUT2D eigenvalue weighted by Gasteiger charge is -1.77. The second-order valence-corrected chi connectivity index (χ2v) is 2.13. The van der Waals surface area contributed by atoms with Crippen molar-refractivity contribution in [3.05, 3.63) is 0 Å². The van der Waals surface area contributed by atoms with Gasteiger partial charge in [-0.05, 0) is 12.1 Å². The molecule has 0 atom stereocenters. The van der Waals surface area contributed by atoms with Crippen LogP contribution in [-0.4, -0.2) is 17.1 Å². The number of guanidine groups is 1. The van der Waals surface area contributed by atoms with Crippen LogP contribution < -0.4 is 17.3 Å². The molecule has 0 spiro atoms. The maximum Gasteiger partial charge on any atom is 0.213 e. The van der Waals surface area contributed by atoms with Crippen LogP contribution in [-0.2, 0) is 4.79 Å². The number of hydrogen-bond donors (Lipinski definition) is 3. The van der Waals surface area contributed by atoms with Crippen molar-refractivity contribution < 1.29 is 4.79 Å². The fraction of sp³-hybridized carbons (Fsp3) is 0.500. The summed E-state index contributed by atoms with van der Waals surface area (Å²) in [6, 6.07) is 0. The molecule has 0 rings (SSSR count). The van der Waals surface area contributed by atoms with Crippen LogP contribution in [0.1, 0.15) is 6.92 Å². The minimum absolute atomic E-state index is 0. The van der Waals surface area contributed by atoms with Crippen LogP contribution in [0.2, 0.25) is 0 Å². The van der Waals surface area contributed by atoms with E-state index in [9.17, 15) is 4.79 Å². The summed E-state index contributed by atoms with van der Waals surface area (Å²) in [4.78, 5) is 9.77. The molecule has 0 amide bonds. The molecule has 0 saturated heterocycles. The van der Waals surface area contributed by atoms with Gasteiger partial charge >= 0.3 is 0 Å². The Bertz CT molecular complexity index is 179. The maximum atomic E-state index is 9.77. The third kappa shape index (κ3) is 35.3.